The van der Waals surface area contributed by atoms with Gasteiger partial charge in [0.15, 0.2) is 0 Å². The number of hydrogen-bond acceptors (Lipinski definition) is 3. The third kappa shape index (κ3) is 2.53. The molecule has 1 N–H and O–H groups in total. The number of aromatic nitrogens is 2. The number of pyridine rings is 2. The molecule has 0 aliphatic carbocycles. The van der Waals surface area contributed by atoms with Crippen molar-refractivity contribution in [3.63, 3.8) is 0 Å². The van der Waals surface area contributed by atoms with Crippen LogP contribution in [0.4, 0.5) is 5.69 Å². The van der Waals surface area contributed by atoms with Gasteiger partial charge in [-0.3, -0.25) is 14.8 Å². The van der Waals surface area contributed by atoms with E-state index in [4.69, 9.17) is 11.6 Å². The Morgan fingerprint density at radius 3 is 2.73 bits per heavy atom. The second kappa shape index (κ2) is 5.73. The topological polar surface area (TPSA) is 54.9 Å². The fourth-order valence-corrected chi connectivity index (χ4v) is 2.51. The van der Waals surface area contributed by atoms with Crippen molar-refractivity contribution in [1.82, 2.24) is 9.97 Å². The maximum atomic E-state index is 12.4. The highest BCUT2D eigenvalue weighted by Crippen LogP contribution is 2.29. The van der Waals surface area contributed by atoms with Crippen molar-refractivity contribution < 1.29 is 4.79 Å². The van der Waals surface area contributed by atoms with Crippen molar-refractivity contribution in [3.8, 4) is 0 Å². The molecular weight excluding hydrogens is 298 g/mol. The molecule has 0 fully saturated rings. The summed E-state index contributed by atoms with van der Waals surface area (Å²) in [6, 6.07) is 9.03. The van der Waals surface area contributed by atoms with Gasteiger partial charge in [0.1, 0.15) is 0 Å². The van der Waals surface area contributed by atoms with Crippen LogP contribution in [0, 0.1) is 13.8 Å². The molecule has 2 heterocycles. The predicted molar refractivity (Wildman–Crippen MR) is 88.4 cm³/mol. The van der Waals surface area contributed by atoms with Gasteiger partial charge < -0.3 is 5.32 Å². The van der Waals surface area contributed by atoms with Gasteiger partial charge in [0.05, 0.1) is 21.8 Å². The Bertz CT molecular complexity index is 877. The Morgan fingerprint density at radius 2 is 1.95 bits per heavy atom. The Morgan fingerprint density at radius 1 is 1.14 bits per heavy atom. The molecule has 4 nitrogen and oxygen atoms in total. The molecule has 1 amide bonds. The van der Waals surface area contributed by atoms with E-state index in [1.165, 1.54) is 0 Å². The summed E-state index contributed by atoms with van der Waals surface area (Å²) < 4.78 is 0. The van der Waals surface area contributed by atoms with Gasteiger partial charge in [0, 0.05) is 23.5 Å². The van der Waals surface area contributed by atoms with Crippen LogP contribution >= 0.6 is 11.6 Å². The molecule has 0 spiro atoms. The van der Waals surface area contributed by atoms with Crippen molar-refractivity contribution in [2.75, 3.05) is 5.32 Å². The second-order valence-corrected chi connectivity index (χ2v) is 5.43. The molecule has 0 atom stereocenters. The van der Waals surface area contributed by atoms with Crippen molar-refractivity contribution >= 4 is 34.1 Å². The SMILES string of the molecule is Cc1cnc2c(NC(=O)c3cccnc3C)cccc2c1Cl. The standard InChI is InChI=1S/C17H14ClN3O/c1-10-9-20-16-13(15(10)18)5-3-7-14(16)21-17(22)12-6-4-8-19-11(12)2/h3-9H,1-2H3,(H,21,22). The van der Waals surface area contributed by atoms with Crippen LogP contribution in [0.3, 0.4) is 0 Å². The van der Waals surface area contributed by atoms with Gasteiger partial charge in [-0.1, -0.05) is 23.7 Å². The summed E-state index contributed by atoms with van der Waals surface area (Å²) in [7, 11) is 0. The van der Waals surface area contributed by atoms with E-state index >= 15 is 0 Å². The van der Waals surface area contributed by atoms with Crippen LogP contribution in [0.1, 0.15) is 21.6 Å². The van der Waals surface area contributed by atoms with Crippen LogP contribution in [-0.2, 0) is 0 Å². The number of anilines is 1. The molecule has 1 aromatic carbocycles. The fourth-order valence-electron chi connectivity index (χ4n) is 2.30. The minimum Gasteiger partial charge on any atom is -0.320 e. The molecule has 0 unspecified atom stereocenters. The lowest BCUT2D eigenvalue weighted by Gasteiger charge is -2.10. The van der Waals surface area contributed by atoms with Crippen molar-refractivity contribution in [3.05, 3.63) is 64.6 Å². The monoisotopic (exact) mass is 311 g/mol. The molecule has 2 aromatic heterocycles. The Labute approximate surface area is 133 Å². The minimum absolute atomic E-state index is 0.211. The molecule has 22 heavy (non-hydrogen) atoms. The summed E-state index contributed by atoms with van der Waals surface area (Å²) in [6.07, 6.45) is 3.36. The van der Waals surface area contributed by atoms with Gasteiger partial charge in [0.25, 0.3) is 5.91 Å². The van der Waals surface area contributed by atoms with E-state index in [0.717, 1.165) is 10.9 Å². The van der Waals surface area contributed by atoms with Crippen molar-refractivity contribution in [2.24, 2.45) is 0 Å². The number of hydrogen-bond donors (Lipinski definition) is 1. The first kappa shape index (κ1) is 14.5. The number of rotatable bonds is 2. The predicted octanol–water partition coefficient (Wildman–Crippen LogP) is 4.15. The molecule has 0 saturated carbocycles. The van der Waals surface area contributed by atoms with E-state index in [1.807, 2.05) is 25.1 Å². The van der Waals surface area contributed by atoms with Crippen LogP contribution in [0.25, 0.3) is 10.9 Å². The second-order valence-electron chi connectivity index (χ2n) is 5.05. The highest BCUT2D eigenvalue weighted by molar-refractivity contribution is 6.36. The summed E-state index contributed by atoms with van der Waals surface area (Å²) in [5.41, 5.74) is 3.43. The van der Waals surface area contributed by atoms with Gasteiger partial charge in [-0.25, -0.2) is 0 Å². The lowest BCUT2D eigenvalue weighted by atomic mass is 10.1. The van der Waals surface area contributed by atoms with Crippen LogP contribution in [-0.4, -0.2) is 15.9 Å². The number of nitrogens with zero attached hydrogens (tertiary/aromatic N) is 2. The average molecular weight is 312 g/mol. The molecule has 0 aliphatic heterocycles. The molecule has 3 aromatic rings. The smallest absolute Gasteiger partial charge is 0.257 e. The maximum absolute atomic E-state index is 12.4. The maximum Gasteiger partial charge on any atom is 0.257 e. The van der Waals surface area contributed by atoms with Crippen LogP contribution in [0.15, 0.2) is 42.7 Å². The number of nitrogens with one attached hydrogen (secondary N) is 1. The number of benzene rings is 1. The zero-order valence-electron chi connectivity index (χ0n) is 12.2. The van der Waals surface area contributed by atoms with Gasteiger partial charge >= 0.3 is 0 Å². The highest BCUT2D eigenvalue weighted by atomic mass is 35.5. The molecule has 5 heteroatoms. The number of aryl methyl sites for hydroxylation is 2. The van der Waals surface area contributed by atoms with Crippen LogP contribution in [0.5, 0.6) is 0 Å². The zero-order valence-corrected chi connectivity index (χ0v) is 13.0. The van der Waals surface area contributed by atoms with E-state index in [1.54, 1.807) is 31.5 Å². The summed E-state index contributed by atoms with van der Waals surface area (Å²) in [5.74, 6) is -0.211. The summed E-state index contributed by atoms with van der Waals surface area (Å²) in [5, 5.41) is 4.36. The number of fused-ring (bicyclic) bond motifs is 1. The first-order valence-corrected chi connectivity index (χ1v) is 7.22. The number of carbonyl (C=O) groups excluding carboxylic acids is 1. The van der Waals surface area contributed by atoms with Gasteiger partial charge in [-0.15, -0.1) is 0 Å². The fraction of sp³-hybridized carbons (Fsp3) is 0.118. The van der Waals surface area contributed by atoms with Gasteiger partial charge in [-0.05, 0) is 37.6 Å². The Hall–Kier alpha value is -2.46. The largest absolute Gasteiger partial charge is 0.320 e. The number of halogens is 1. The van der Waals surface area contributed by atoms with E-state index in [2.05, 4.69) is 15.3 Å². The van der Waals surface area contributed by atoms with E-state index in [9.17, 15) is 4.79 Å². The number of para-hydroxylation sites is 1. The molecule has 0 saturated heterocycles. The van der Waals surface area contributed by atoms with Gasteiger partial charge in [-0.2, -0.15) is 0 Å². The first-order valence-electron chi connectivity index (χ1n) is 6.84. The molecule has 0 radical (unpaired) electrons. The minimum atomic E-state index is -0.211. The quantitative estimate of drug-likeness (QED) is 0.773. The van der Waals surface area contributed by atoms with E-state index < -0.39 is 0 Å². The zero-order chi connectivity index (χ0) is 15.7. The van der Waals surface area contributed by atoms with E-state index in [-0.39, 0.29) is 5.91 Å². The van der Waals surface area contributed by atoms with Crippen molar-refractivity contribution in [2.45, 2.75) is 13.8 Å². The third-order valence-electron chi connectivity index (χ3n) is 3.51. The molecule has 3 rings (SSSR count). The molecular formula is C17H14ClN3O. The first-order chi connectivity index (χ1) is 10.6. The number of amides is 1. The molecule has 0 bridgehead atoms. The number of carbonyl (C=O) groups is 1. The Balaban J connectivity index is 2.03. The lowest BCUT2D eigenvalue weighted by Crippen LogP contribution is -2.14. The van der Waals surface area contributed by atoms with Crippen LogP contribution < -0.4 is 5.32 Å². The third-order valence-corrected chi connectivity index (χ3v) is 4.01. The average Bonchev–Trinajstić information content (AvgIpc) is 2.52. The van der Waals surface area contributed by atoms with Crippen molar-refractivity contribution in [1.29, 1.82) is 0 Å². The Kier molecular flexibility index (Phi) is 3.77. The molecule has 0 aliphatic rings. The lowest BCUT2D eigenvalue weighted by molar-refractivity contribution is 0.102. The van der Waals surface area contributed by atoms with Crippen LogP contribution in [0.2, 0.25) is 5.02 Å². The molecule has 110 valence electrons. The normalized spacial score (nSPS) is 10.7. The summed E-state index contributed by atoms with van der Waals surface area (Å²) in [6.45, 7) is 3.70. The summed E-state index contributed by atoms with van der Waals surface area (Å²) >= 11 is 6.31. The van der Waals surface area contributed by atoms with Gasteiger partial charge in [0.2, 0.25) is 0 Å². The summed E-state index contributed by atoms with van der Waals surface area (Å²) in [4.78, 5) is 20.9. The van der Waals surface area contributed by atoms with E-state index in [0.29, 0.717) is 27.5 Å². The highest BCUT2D eigenvalue weighted by Gasteiger charge is 2.13.